The van der Waals surface area contributed by atoms with Crippen molar-refractivity contribution in [2.75, 3.05) is 34.7 Å². The van der Waals surface area contributed by atoms with Crippen LogP contribution in [0.4, 0.5) is 0 Å². The molecule has 0 aliphatic rings. The predicted molar refractivity (Wildman–Crippen MR) is 76.1 cm³/mol. The number of hydrogen-bond donors (Lipinski definition) is 0. The highest BCUT2D eigenvalue weighted by molar-refractivity contribution is 5.79. The van der Waals surface area contributed by atoms with Gasteiger partial charge in [0.25, 0.3) is 0 Å². The molecule has 0 amide bonds. The van der Waals surface area contributed by atoms with Crippen LogP contribution in [-0.2, 0) is 13.5 Å². The number of rotatable bonds is 3. The molecule has 0 saturated carbocycles. The maximum absolute atomic E-state index is 4.64. The predicted octanol–water partition coefficient (Wildman–Crippen LogP) is 1.06. The maximum atomic E-state index is 4.64. The van der Waals surface area contributed by atoms with Gasteiger partial charge in [0, 0.05) is 47.5 Å². The molecule has 1 aromatic heterocycles. The highest BCUT2D eigenvalue weighted by atomic mass is 15.3. The second-order valence-electron chi connectivity index (χ2n) is 4.99. The second kappa shape index (κ2) is 5.89. The van der Waals surface area contributed by atoms with Gasteiger partial charge in [0.05, 0.1) is 5.69 Å². The van der Waals surface area contributed by atoms with E-state index in [1.807, 2.05) is 49.7 Å². The lowest BCUT2D eigenvalue weighted by Crippen LogP contribution is -2.35. The van der Waals surface area contributed by atoms with E-state index in [-0.39, 0.29) is 0 Å². The van der Waals surface area contributed by atoms with Gasteiger partial charge in [-0.15, -0.1) is 0 Å². The van der Waals surface area contributed by atoms with Gasteiger partial charge in [-0.25, -0.2) is 0 Å². The van der Waals surface area contributed by atoms with Crippen LogP contribution in [0.25, 0.3) is 0 Å². The molecule has 0 aromatic carbocycles. The third-order valence-corrected chi connectivity index (χ3v) is 3.07. The molecule has 0 aliphatic heterocycles. The Kier molecular flexibility index (Phi) is 4.76. The minimum atomic E-state index is 0.791. The van der Waals surface area contributed by atoms with Gasteiger partial charge in [0.1, 0.15) is 0 Å². The first-order chi connectivity index (χ1) is 8.34. The third kappa shape index (κ3) is 3.24. The molecule has 18 heavy (non-hydrogen) atoms. The van der Waals surface area contributed by atoms with E-state index in [1.165, 1.54) is 11.3 Å². The number of aliphatic imine (C=N–C) groups is 1. The minimum Gasteiger partial charge on any atom is -0.349 e. The molecule has 0 bridgehead atoms. The first-order valence-corrected chi connectivity index (χ1v) is 6.22. The van der Waals surface area contributed by atoms with E-state index in [1.54, 1.807) is 0 Å². The smallest absolute Gasteiger partial charge is 0.195 e. The van der Waals surface area contributed by atoms with Crippen LogP contribution in [-0.4, -0.2) is 60.3 Å². The fraction of sp³-hybridized carbons (Fsp3) is 0.692. The Morgan fingerprint density at radius 2 is 1.72 bits per heavy atom. The molecule has 1 rings (SSSR count). The first kappa shape index (κ1) is 14.5. The summed E-state index contributed by atoms with van der Waals surface area (Å²) in [6, 6.07) is 0. The average molecular weight is 251 g/mol. The molecule has 102 valence electrons. The molecule has 0 radical (unpaired) electrons. The summed E-state index contributed by atoms with van der Waals surface area (Å²) in [4.78, 5) is 8.70. The van der Waals surface area contributed by atoms with E-state index in [4.69, 9.17) is 0 Å². The van der Waals surface area contributed by atoms with Gasteiger partial charge >= 0.3 is 0 Å². The van der Waals surface area contributed by atoms with Crippen molar-refractivity contribution in [2.24, 2.45) is 12.0 Å². The Morgan fingerprint density at radius 3 is 2.11 bits per heavy atom. The Balaban J connectivity index is 2.73. The Morgan fingerprint density at radius 1 is 1.17 bits per heavy atom. The van der Waals surface area contributed by atoms with Crippen molar-refractivity contribution in [2.45, 2.75) is 20.3 Å². The second-order valence-corrected chi connectivity index (χ2v) is 4.99. The van der Waals surface area contributed by atoms with E-state index in [0.717, 1.165) is 24.6 Å². The summed E-state index contributed by atoms with van der Waals surface area (Å²) in [6.45, 7) is 4.96. The molecular weight excluding hydrogens is 226 g/mol. The summed E-state index contributed by atoms with van der Waals surface area (Å²) in [5.41, 5.74) is 3.67. The summed E-state index contributed by atoms with van der Waals surface area (Å²) in [5, 5.41) is 4.43. The van der Waals surface area contributed by atoms with Gasteiger partial charge in [0.2, 0.25) is 0 Å². The summed E-state index contributed by atoms with van der Waals surface area (Å²) in [5.74, 6) is 0.995. The third-order valence-electron chi connectivity index (χ3n) is 3.07. The quantitative estimate of drug-likeness (QED) is 0.595. The zero-order valence-electron chi connectivity index (χ0n) is 12.7. The summed E-state index contributed by atoms with van der Waals surface area (Å²) >= 11 is 0. The highest BCUT2D eigenvalue weighted by Gasteiger charge is 2.09. The topological polar surface area (TPSA) is 36.7 Å². The van der Waals surface area contributed by atoms with Gasteiger partial charge < -0.3 is 9.80 Å². The molecule has 5 nitrogen and oxygen atoms in total. The average Bonchev–Trinajstić information content (AvgIpc) is 2.48. The standard InChI is InChI=1S/C13H25N5/c1-10-12(11(2)18(7)15-10)8-9-14-13(16(3)4)17(5)6/h8-9H2,1-7H3. The van der Waals surface area contributed by atoms with Crippen molar-refractivity contribution in [3.05, 3.63) is 17.0 Å². The zero-order valence-corrected chi connectivity index (χ0v) is 12.7. The lowest BCUT2D eigenvalue weighted by molar-refractivity contribution is 0.479. The van der Waals surface area contributed by atoms with Crippen LogP contribution in [0.1, 0.15) is 17.0 Å². The van der Waals surface area contributed by atoms with E-state index >= 15 is 0 Å². The van der Waals surface area contributed by atoms with E-state index < -0.39 is 0 Å². The van der Waals surface area contributed by atoms with Crippen molar-refractivity contribution in [3.63, 3.8) is 0 Å². The monoisotopic (exact) mass is 251 g/mol. The number of hydrogen-bond acceptors (Lipinski definition) is 2. The van der Waals surface area contributed by atoms with Gasteiger partial charge in [-0.2, -0.15) is 5.10 Å². The molecule has 0 spiro atoms. The van der Waals surface area contributed by atoms with Gasteiger partial charge in [-0.1, -0.05) is 0 Å². The molecule has 5 heteroatoms. The van der Waals surface area contributed by atoms with Gasteiger partial charge in [-0.05, 0) is 25.8 Å². The molecule has 0 aliphatic carbocycles. The summed E-state index contributed by atoms with van der Waals surface area (Å²) in [6.07, 6.45) is 0.941. The van der Waals surface area contributed by atoms with Crippen LogP contribution in [0.5, 0.6) is 0 Å². The van der Waals surface area contributed by atoms with Crippen LogP contribution < -0.4 is 0 Å². The van der Waals surface area contributed by atoms with E-state index in [0.29, 0.717) is 0 Å². The normalized spacial score (nSPS) is 10.4. The summed E-state index contributed by atoms with van der Waals surface area (Å²) < 4.78 is 1.94. The fourth-order valence-electron chi connectivity index (χ4n) is 2.13. The molecule has 0 N–H and O–H groups in total. The Hall–Kier alpha value is -1.52. The number of nitrogens with zero attached hydrogens (tertiary/aromatic N) is 5. The van der Waals surface area contributed by atoms with Gasteiger partial charge in [0.15, 0.2) is 5.96 Å². The van der Waals surface area contributed by atoms with Crippen molar-refractivity contribution in [1.29, 1.82) is 0 Å². The van der Waals surface area contributed by atoms with Crippen LogP contribution in [0, 0.1) is 13.8 Å². The fourth-order valence-corrected chi connectivity index (χ4v) is 2.13. The van der Waals surface area contributed by atoms with Crippen LogP contribution >= 0.6 is 0 Å². The highest BCUT2D eigenvalue weighted by Crippen LogP contribution is 2.12. The molecule has 1 aromatic rings. The van der Waals surface area contributed by atoms with Crippen LogP contribution in [0.15, 0.2) is 4.99 Å². The van der Waals surface area contributed by atoms with Crippen molar-refractivity contribution < 1.29 is 0 Å². The minimum absolute atomic E-state index is 0.791. The molecule has 0 atom stereocenters. The molecule has 0 unspecified atom stereocenters. The van der Waals surface area contributed by atoms with E-state index in [9.17, 15) is 0 Å². The number of guanidine groups is 1. The zero-order chi connectivity index (χ0) is 13.9. The van der Waals surface area contributed by atoms with Crippen molar-refractivity contribution in [3.8, 4) is 0 Å². The van der Waals surface area contributed by atoms with E-state index in [2.05, 4.69) is 23.9 Å². The van der Waals surface area contributed by atoms with Crippen molar-refractivity contribution >= 4 is 5.96 Å². The first-order valence-electron chi connectivity index (χ1n) is 6.22. The number of aromatic nitrogens is 2. The molecule has 0 saturated heterocycles. The van der Waals surface area contributed by atoms with Crippen LogP contribution in [0.2, 0.25) is 0 Å². The number of aryl methyl sites for hydroxylation is 2. The lowest BCUT2D eigenvalue weighted by Gasteiger charge is -2.22. The maximum Gasteiger partial charge on any atom is 0.195 e. The Labute approximate surface area is 110 Å². The molecule has 0 fully saturated rings. The SMILES string of the molecule is Cc1nn(C)c(C)c1CCN=C(N(C)C)N(C)C. The molecular formula is C13H25N5. The molecule has 1 heterocycles. The Bertz CT molecular complexity index is 419. The summed E-state index contributed by atoms with van der Waals surface area (Å²) in [7, 11) is 10.0. The van der Waals surface area contributed by atoms with Gasteiger partial charge in [-0.3, -0.25) is 9.67 Å². The van der Waals surface area contributed by atoms with Crippen molar-refractivity contribution in [1.82, 2.24) is 19.6 Å². The lowest BCUT2D eigenvalue weighted by atomic mass is 10.1. The largest absolute Gasteiger partial charge is 0.349 e. The van der Waals surface area contributed by atoms with Crippen LogP contribution in [0.3, 0.4) is 0 Å².